The molecule has 0 unspecified atom stereocenters. The quantitative estimate of drug-likeness (QED) is 0.158. The van der Waals surface area contributed by atoms with E-state index in [9.17, 15) is 9.90 Å². The molecule has 0 spiro atoms. The van der Waals surface area contributed by atoms with Gasteiger partial charge in [-0.05, 0) is 49.6 Å². The van der Waals surface area contributed by atoms with Crippen LogP contribution in [0.5, 0.6) is 11.5 Å². The molecule has 2 N–H and O–H groups in total. The van der Waals surface area contributed by atoms with Gasteiger partial charge in [-0.2, -0.15) is 0 Å². The molecule has 0 aliphatic rings. The van der Waals surface area contributed by atoms with Crippen molar-refractivity contribution in [3.8, 4) is 11.5 Å². The number of phenolic OH excluding ortho intramolecular Hbond substituents is 1. The molecule has 0 aromatic heterocycles. The molecule has 0 atom stereocenters. The standard InChI is InChI=1S/C25H32ClNO5S/c1-5-8-19-22(11-10-18(25(19)29)21(6-2)27-31-4)32-13-7-14-33-23-12-9-17(15-20(23)26)16-24(28)30-3/h6,9-12,15,27,29H,5,7-8,13-14,16H2,1-4H3. The first-order valence-electron chi connectivity index (χ1n) is 10.9. The lowest BCUT2D eigenvalue weighted by Crippen LogP contribution is -2.11. The van der Waals surface area contributed by atoms with Gasteiger partial charge in [-0.3, -0.25) is 15.1 Å². The van der Waals surface area contributed by atoms with Gasteiger partial charge in [-0.15, -0.1) is 11.8 Å². The largest absolute Gasteiger partial charge is 0.507 e. The fourth-order valence-electron chi connectivity index (χ4n) is 3.27. The van der Waals surface area contributed by atoms with Gasteiger partial charge in [0.05, 0.1) is 38.0 Å². The molecule has 0 saturated heterocycles. The summed E-state index contributed by atoms with van der Waals surface area (Å²) in [4.78, 5) is 17.4. The zero-order valence-corrected chi connectivity index (χ0v) is 21.1. The Labute approximate surface area is 205 Å². The number of benzene rings is 2. The lowest BCUT2D eigenvalue weighted by molar-refractivity contribution is -0.139. The number of carbonyl (C=O) groups is 1. The summed E-state index contributed by atoms with van der Waals surface area (Å²) in [6.07, 6.45) is 4.46. The predicted molar refractivity (Wildman–Crippen MR) is 134 cm³/mol. The van der Waals surface area contributed by atoms with Gasteiger partial charge >= 0.3 is 5.97 Å². The maximum Gasteiger partial charge on any atom is 0.309 e. The van der Waals surface area contributed by atoms with Crippen LogP contribution in [0.1, 0.15) is 43.4 Å². The number of thioether (sulfide) groups is 1. The molecule has 0 bridgehead atoms. The number of methoxy groups -OCH3 is 1. The highest BCUT2D eigenvalue weighted by atomic mass is 35.5. The molecule has 0 aliphatic carbocycles. The Morgan fingerprint density at radius 1 is 1.24 bits per heavy atom. The summed E-state index contributed by atoms with van der Waals surface area (Å²) in [5, 5.41) is 11.5. The summed E-state index contributed by atoms with van der Waals surface area (Å²) in [5.41, 5.74) is 5.80. The minimum Gasteiger partial charge on any atom is -0.507 e. The first-order chi connectivity index (χ1) is 15.9. The van der Waals surface area contributed by atoms with E-state index in [-0.39, 0.29) is 18.1 Å². The van der Waals surface area contributed by atoms with Crippen molar-refractivity contribution in [1.82, 2.24) is 5.48 Å². The van der Waals surface area contributed by atoms with Crippen LogP contribution in [-0.4, -0.2) is 37.7 Å². The highest BCUT2D eigenvalue weighted by Gasteiger charge is 2.16. The smallest absolute Gasteiger partial charge is 0.309 e. The number of nitrogens with one attached hydrogen (secondary N) is 1. The average Bonchev–Trinajstić information content (AvgIpc) is 2.80. The van der Waals surface area contributed by atoms with Gasteiger partial charge < -0.3 is 14.6 Å². The number of aromatic hydroxyl groups is 1. The Morgan fingerprint density at radius 3 is 2.67 bits per heavy atom. The number of hydrogen-bond acceptors (Lipinski definition) is 7. The Morgan fingerprint density at radius 2 is 2.03 bits per heavy atom. The monoisotopic (exact) mass is 493 g/mol. The first kappa shape index (κ1) is 26.9. The number of hydrogen-bond donors (Lipinski definition) is 2. The highest BCUT2D eigenvalue weighted by molar-refractivity contribution is 7.99. The molecule has 180 valence electrons. The molecule has 0 radical (unpaired) electrons. The predicted octanol–water partition coefficient (Wildman–Crippen LogP) is 5.79. The molecule has 0 heterocycles. The van der Waals surface area contributed by atoms with Gasteiger partial charge in [0.25, 0.3) is 0 Å². The molecule has 2 aromatic rings. The SMILES string of the molecule is CC=C(NOC)c1ccc(OCCCSc2ccc(CC(=O)OC)cc2Cl)c(CCC)c1O. The second-order valence-corrected chi connectivity index (χ2v) is 8.81. The second-order valence-electron chi connectivity index (χ2n) is 7.27. The van der Waals surface area contributed by atoms with Crippen LogP contribution in [0.2, 0.25) is 5.02 Å². The Bertz CT molecular complexity index is 964. The van der Waals surface area contributed by atoms with Crippen LogP contribution in [0.15, 0.2) is 41.3 Å². The zero-order chi connectivity index (χ0) is 24.2. The molecular weight excluding hydrogens is 462 g/mol. The minimum absolute atomic E-state index is 0.206. The Balaban J connectivity index is 1.95. The fraction of sp³-hybridized carbons (Fsp3) is 0.400. The molecule has 0 fully saturated rings. The highest BCUT2D eigenvalue weighted by Crippen LogP contribution is 2.36. The van der Waals surface area contributed by atoms with E-state index in [1.54, 1.807) is 17.8 Å². The number of phenols is 1. The van der Waals surface area contributed by atoms with Crippen molar-refractivity contribution in [2.24, 2.45) is 0 Å². The van der Waals surface area contributed by atoms with Crippen molar-refractivity contribution >= 4 is 35.0 Å². The third-order valence-corrected chi connectivity index (χ3v) is 6.49. The van der Waals surface area contributed by atoms with Crippen LogP contribution in [0.3, 0.4) is 0 Å². The van der Waals surface area contributed by atoms with Crippen molar-refractivity contribution in [3.05, 3.63) is 58.1 Å². The molecule has 2 rings (SSSR count). The van der Waals surface area contributed by atoms with Crippen LogP contribution in [-0.2, 0) is 27.2 Å². The molecule has 0 aliphatic heterocycles. The van der Waals surface area contributed by atoms with Crippen LogP contribution >= 0.6 is 23.4 Å². The zero-order valence-electron chi connectivity index (χ0n) is 19.6. The van der Waals surface area contributed by atoms with Crippen molar-refractivity contribution in [2.75, 3.05) is 26.6 Å². The van der Waals surface area contributed by atoms with Crippen molar-refractivity contribution < 1.29 is 24.2 Å². The van der Waals surface area contributed by atoms with Crippen LogP contribution in [0.4, 0.5) is 0 Å². The van der Waals surface area contributed by atoms with E-state index >= 15 is 0 Å². The minimum atomic E-state index is -0.290. The van der Waals surface area contributed by atoms with Gasteiger partial charge in [-0.1, -0.05) is 37.1 Å². The summed E-state index contributed by atoms with van der Waals surface area (Å²) < 4.78 is 10.7. The third kappa shape index (κ3) is 7.88. The van der Waals surface area contributed by atoms with E-state index in [1.165, 1.54) is 14.2 Å². The first-order valence-corrected chi connectivity index (χ1v) is 12.2. The van der Waals surface area contributed by atoms with Gasteiger partial charge in [0.15, 0.2) is 0 Å². The van der Waals surface area contributed by atoms with Crippen molar-refractivity contribution in [2.45, 2.75) is 44.4 Å². The number of carbonyl (C=O) groups excluding carboxylic acids is 1. The molecule has 2 aromatic carbocycles. The molecule has 33 heavy (non-hydrogen) atoms. The Kier molecular flexibility index (Phi) is 11.4. The number of ether oxygens (including phenoxy) is 2. The van der Waals surface area contributed by atoms with Gasteiger partial charge in [0.1, 0.15) is 11.5 Å². The van der Waals surface area contributed by atoms with E-state index in [0.29, 0.717) is 35.1 Å². The van der Waals surface area contributed by atoms with E-state index in [4.69, 9.17) is 21.2 Å². The van der Waals surface area contributed by atoms with Gasteiger partial charge in [-0.25, -0.2) is 0 Å². The molecule has 6 nitrogen and oxygen atoms in total. The molecule has 8 heteroatoms. The lowest BCUT2D eigenvalue weighted by Gasteiger charge is -2.17. The number of allylic oxidation sites excluding steroid dienone is 1. The van der Waals surface area contributed by atoms with Gasteiger partial charge in [0, 0.05) is 21.8 Å². The number of hydroxylamine groups is 1. The molecule has 0 amide bonds. The van der Waals surface area contributed by atoms with Gasteiger partial charge in [0.2, 0.25) is 0 Å². The van der Waals surface area contributed by atoms with E-state index in [0.717, 1.165) is 34.6 Å². The summed E-state index contributed by atoms with van der Waals surface area (Å²) in [6, 6.07) is 9.34. The summed E-state index contributed by atoms with van der Waals surface area (Å²) in [7, 11) is 2.90. The average molecular weight is 494 g/mol. The number of esters is 1. The normalized spacial score (nSPS) is 11.4. The van der Waals surface area contributed by atoms with E-state index in [2.05, 4.69) is 17.1 Å². The number of rotatable bonds is 13. The summed E-state index contributed by atoms with van der Waals surface area (Å²) >= 11 is 8.00. The lowest BCUT2D eigenvalue weighted by atomic mass is 10.0. The topological polar surface area (TPSA) is 77.0 Å². The number of halogens is 1. The summed E-state index contributed by atoms with van der Waals surface area (Å²) in [5.74, 6) is 1.44. The maximum atomic E-state index is 11.4. The molecule has 0 saturated carbocycles. The van der Waals surface area contributed by atoms with E-state index in [1.807, 2.05) is 37.3 Å². The van der Waals surface area contributed by atoms with Crippen LogP contribution in [0.25, 0.3) is 5.70 Å². The van der Waals surface area contributed by atoms with Crippen molar-refractivity contribution in [1.29, 1.82) is 0 Å². The maximum absolute atomic E-state index is 11.4. The van der Waals surface area contributed by atoms with Crippen LogP contribution in [0, 0.1) is 0 Å². The second kappa shape index (κ2) is 14.0. The van der Waals surface area contributed by atoms with Crippen molar-refractivity contribution in [3.63, 3.8) is 0 Å². The Hall–Kier alpha value is -2.35. The van der Waals surface area contributed by atoms with E-state index < -0.39 is 0 Å². The summed E-state index contributed by atoms with van der Waals surface area (Å²) in [6.45, 7) is 4.46. The van der Waals surface area contributed by atoms with Crippen LogP contribution < -0.4 is 10.2 Å². The third-order valence-electron chi connectivity index (χ3n) is 4.91. The fourth-order valence-corrected chi connectivity index (χ4v) is 4.48. The molecular formula is C25H32ClNO5S.